The van der Waals surface area contributed by atoms with E-state index in [4.69, 9.17) is 0 Å². The van der Waals surface area contributed by atoms with Crippen LogP contribution in [0.5, 0.6) is 11.5 Å². The molecule has 0 radical (unpaired) electrons. The van der Waals surface area contributed by atoms with Crippen LogP contribution in [0.4, 0.5) is 0 Å². The molecule has 5 nitrogen and oxygen atoms in total. The van der Waals surface area contributed by atoms with Crippen molar-refractivity contribution < 1.29 is 10.2 Å². The number of aromatic hydroxyl groups is 2. The number of nitriles is 2. The lowest BCUT2D eigenvalue weighted by molar-refractivity contribution is 0.401. The van der Waals surface area contributed by atoms with Gasteiger partial charge in [-0.05, 0) is 12.1 Å². The van der Waals surface area contributed by atoms with Gasteiger partial charge in [0.1, 0.15) is 17.7 Å². The Hall–Kier alpha value is -2.74. The van der Waals surface area contributed by atoms with E-state index in [1.807, 2.05) is 36.4 Å². The number of hydrogen-bond acceptors (Lipinski definition) is 7. The zero-order chi connectivity index (χ0) is 15.7. The summed E-state index contributed by atoms with van der Waals surface area (Å²) in [5.41, 5.74) is 0.826. The van der Waals surface area contributed by atoms with Crippen LogP contribution in [-0.4, -0.2) is 15.2 Å². The third-order valence-corrected chi connectivity index (χ3v) is 5.15. The molecule has 0 aliphatic rings. The van der Waals surface area contributed by atoms with Gasteiger partial charge >= 0.3 is 0 Å². The van der Waals surface area contributed by atoms with Crippen molar-refractivity contribution in [1.82, 2.24) is 4.98 Å². The molecule has 106 valence electrons. The Bertz CT molecular complexity index is 934. The van der Waals surface area contributed by atoms with Crippen LogP contribution in [0.25, 0.3) is 10.2 Å². The van der Waals surface area contributed by atoms with E-state index in [0.717, 1.165) is 28.0 Å². The van der Waals surface area contributed by atoms with Gasteiger partial charge in [0, 0.05) is 6.07 Å². The van der Waals surface area contributed by atoms with Gasteiger partial charge in [-0.2, -0.15) is 10.5 Å². The molecule has 7 heteroatoms. The lowest BCUT2D eigenvalue weighted by atomic mass is 10.1. The summed E-state index contributed by atoms with van der Waals surface area (Å²) in [6.07, 6.45) is 0. The van der Waals surface area contributed by atoms with Crippen LogP contribution >= 0.6 is 23.1 Å². The normalized spacial score (nSPS) is 10.3. The molecule has 0 atom stereocenters. The molecule has 1 heterocycles. The number of thiazole rings is 1. The number of phenols is 2. The Morgan fingerprint density at radius 2 is 1.91 bits per heavy atom. The van der Waals surface area contributed by atoms with E-state index < -0.39 is 11.5 Å². The minimum Gasteiger partial charge on any atom is -0.504 e. The second-order valence-electron chi connectivity index (χ2n) is 4.27. The molecule has 22 heavy (non-hydrogen) atoms. The van der Waals surface area contributed by atoms with Crippen LogP contribution in [-0.2, 0) is 0 Å². The van der Waals surface area contributed by atoms with Gasteiger partial charge in [0.2, 0.25) is 0 Å². The Morgan fingerprint density at radius 3 is 2.59 bits per heavy atom. The zero-order valence-corrected chi connectivity index (χ0v) is 12.6. The molecule has 0 spiro atoms. The Balaban J connectivity index is 2.14. The number of aromatic nitrogens is 1. The molecule has 1 aromatic heterocycles. The summed E-state index contributed by atoms with van der Waals surface area (Å²) in [6.45, 7) is 0. The van der Waals surface area contributed by atoms with E-state index in [1.54, 1.807) is 0 Å². The molecular formula is C15H7N3O2S2. The summed E-state index contributed by atoms with van der Waals surface area (Å²) < 4.78 is 1.64. The third-order valence-electron chi connectivity index (χ3n) is 2.93. The van der Waals surface area contributed by atoms with Crippen LogP contribution in [0, 0.1) is 22.7 Å². The fourth-order valence-corrected chi connectivity index (χ4v) is 4.08. The highest BCUT2D eigenvalue weighted by Crippen LogP contribution is 2.43. The number of para-hydroxylation sites is 1. The summed E-state index contributed by atoms with van der Waals surface area (Å²) >= 11 is 2.56. The quantitative estimate of drug-likeness (QED) is 0.698. The molecule has 0 bridgehead atoms. The highest BCUT2D eigenvalue weighted by Gasteiger charge is 2.20. The van der Waals surface area contributed by atoms with E-state index in [0.29, 0.717) is 9.24 Å². The van der Waals surface area contributed by atoms with Crippen molar-refractivity contribution in [3.8, 4) is 23.6 Å². The molecular weight excluding hydrogens is 318 g/mol. The summed E-state index contributed by atoms with van der Waals surface area (Å²) in [7, 11) is 0. The summed E-state index contributed by atoms with van der Waals surface area (Å²) in [4.78, 5) is 4.72. The van der Waals surface area contributed by atoms with Crippen molar-refractivity contribution >= 4 is 33.3 Å². The Labute approximate surface area is 133 Å². The molecule has 0 unspecified atom stereocenters. The first-order chi connectivity index (χ1) is 10.6. The van der Waals surface area contributed by atoms with Crippen LogP contribution < -0.4 is 0 Å². The monoisotopic (exact) mass is 325 g/mol. The van der Waals surface area contributed by atoms with Gasteiger partial charge in [-0.15, -0.1) is 11.3 Å². The lowest BCUT2D eigenvalue weighted by Crippen LogP contribution is -1.89. The summed E-state index contributed by atoms with van der Waals surface area (Å²) in [5.74, 6) is -1.01. The van der Waals surface area contributed by atoms with Crippen molar-refractivity contribution in [2.75, 3.05) is 0 Å². The molecule has 0 aliphatic carbocycles. The first kappa shape index (κ1) is 14.2. The Morgan fingerprint density at radius 1 is 1.14 bits per heavy atom. The minimum absolute atomic E-state index is 0.121. The van der Waals surface area contributed by atoms with Gasteiger partial charge in [0.15, 0.2) is 15.8 Å². The molecule has 0 saturated carbocycles. The Kier molecular flexibility index (Phi) is 3.60. The van der Waals surface area contributed by atoms with E-state index >= 15 is 0 Å². The topological polar surface area (TPSA) is 101 Å². The number of nitrogens with zero attached hydrogens (tertiary/aromatic N) is 3. The first-order valence-electron chi connectivity index (χ1n) is 6.06. The van der Waals surface area contributed by atoms with Gasteiger partial charge in [-0.1, -0.05) is 23.9 Å². The standard InChI is InChI=1S/C15H7N3O2S2/c16-6-8-5-11(19)13(20)9(7-17)14(8)22-15-18-10-3-1-2-4-12(10)21-15/h1-5,19-20H. The average molecular weight is 325 g/mol. The van der Waals surface area contributed by atoms with Crippen LogP contribution in [0.15, 0.2) is 39.6 Å². The zero-order valence-electron chi connectivity index (χ0n) is 10.9. The maximum absolute atomic E-state index is 9.80. The molecule has 0 amide bonds. The van der Waals surface area contributed by atoms with Crippen LogP contribution in [0.3, 0.4) is 0 Å². The second-order valence-corrected chi connectivity index (χ2v) is 6.56. The van der Waals surface area contributed by atoms with Gasteiger partial charge in [-0.3, -0.25) is 0 Å². The maximum Gasteiger partial charge on any atom is 0.176 e. The molecule has 0 fully saturated rings. The van der Waals surface area contributed by atoms with Crippen molar-refractivity contribution in [3.63, 3.8) is 0 Å². The molecule has 3 aromatic rings. The highest BCUT2D eigenvalue weighted by atomic mass is 32.2. The lowest BCUT2D eigenvalue weighted by Gasteiger charge is -2.07. The molecule has 0 saturated heterocycles. The average Bonchev–Trinajstić information content (AvgIpc) is 2.93. The van der Waals surface area contributed by atoms with Crippen molar-refractivity contribution in [3.05, 3.63) is 41.5 Å². The summed E-state index contributed by atoms with van der Waals surface area (Å²) in [5, 5.41) is 37.8. The number of fused-ring (bicyclic) bond motifs is 1. The predicted octanol–water partition coefficient (Wildman–Crippen LogP) is 3.60. The van der Waals surface area contributed by atoms with Crippen LogP contribution in [0.2, 0.25) is 0 Å². The third kappa shape index (κ3) is 2.33. The van der Waals surface area contributed by atoms with Crippen molar-refractivity contribution in [2.24, 2.45) is 0 Å². The highest BCUT2D eigenvalue weighted by molar-refractivity contribution is 8.01. The first-order valence-corrected chi connectivity index (χ1v) is 7.70. The van der Waals surface area contributed by atoms with Gasteiger partial charge in [-0.25, -0.2) is 4.98 Å². The predicted molar refractivity (Wildman–Crippen MR) is 82.9 cm³/mol. The number of hydrogen-bond donors (Lipinski definition) is 2. The van der Waals surface area contributed by atoms with Crippen molar-refractivity contribution in [2.45, 2.75) is 9.24 Å². The number of rotatable bonds is 2. The van der Waals surface area contributed by atoms with Gasteiger partial charge in [0.05, 0.1) is 20.7 Å². The minimum atomic E-state index is -0.523. The molecule has 2 N–H and O–H groups in total. The van der Waals surface area contributed by atoms with E-state index in [2.05, 4.69) is 4.98 Å². The van der Waals surface area contributed by atoms with Crippen LogP contribution in [0.1, 0.15) is 11.1 Å². The van der Waals surface area contributed by atoms with Gasteiger partial charge < -0.3 is 10.2 Å². The fraction of sp³-hybridized carbons (Fsp3) is 0. The van der Waals surface area contributed by atoms with Gasteiger partial charge in [0.25, 0.3) is 0 Å². The van der Waals surface area contributed by atoms with E-state index in [9.17, 15) is 20.7 Å². The molecule has 2 aromatic carbocycles. The van der Waals surface area contributed by atoms with Crippen molar-refractivity contribution in [1.29, 1.82) is 10.5 Å². The van der Waals surface area contributed by atoms with E-state index in [1.165, 1.54) is 11.3 Å². The van der Waals surface area contributed by atoms with E-state index in [-0.39, 0.29) is 11.1 Å². The number of benzene rings is 2. The second kappa shape index (κ2) is 5.57. The molecule has 3 rings (SSSR count). The smallest absolute Gasteiger partial charge is 0.176 e. The fourth-order valence-electron chi connectivity index (χ4n) is 1.92. The largest absolute Gasteiger partial charge is 0.504 e. The summed E-state index contributed by atoms with van der Waals surface area (Å²) in [6, 6.07) is 12.5. The molecule has 0 aliphatic heterocycles. The maximum atomic E-state index is 9.80. The SMILES string of the molecule is N#Cc1cc(O)c(O)c(C#N)c1Sc1nc2ccccc2s1. The number of phenolic OH excluding ortho intramolecular Hbond substituents is 2.